The molecule has 0 spiro atoms. The van der Waals surface area contributed by atoms with Gasteiger partial charge in [0.1, 0.15) is 10.5 Å². The van der Waals surface area contributed by atoms with Crippen molar-refractivity contribution in [3.05, 3.63) is 0 Å². The van der Waals surface area contributed by atoms with Gasteiger partial charge in [-0.05, 0) is 20.8 Å². The van der Waals surface area contributed by atoms with Crippen molar-refractivity contribution in [1.29, 1.82) is 0 Å². The van der Waals surface area contributed by atoms with Crippen molar-refractivity contribution in [3.63, 3.8) is 0 Å². The lowest BCUT2D eigenvalue weighted by atomic mass is 9.78. The minimum atomic E-state index is -1.55. The molecule has 0 fully saturated rings. The second-order valence-corrected chi connectivity index (χ2v) is 3.58. The molecule has 0 radical (unpaired) electrons. The first kappa shape index (κ1) is 12.2. The zero-order valence-electron chi connectivity index (χ0n) is 8.34. The molecule has 74 valence electrons. The summed E-state index contributed by atoms with van der Waals surface area (Å²) in [6, 6.07) is 0. The van der Waals surface area contributed by atoms with Crippen molar-refractivity contribution in [2.24, 2.45) is 5.41 Å². The Kier molecular flexibility index (Phi) is 4.15. The number of hydrogen-bond donors (Lipinski definition) is 0. The number of carbonyl (C=O) groups excluding carboxylic acids is 3. The number of carbonyl (C=O) groups is 3. The van der Waals surface area contributed by atoms with Gasteiger partial charge in [-0.25, -0.2) is 0 Å². The van der Waals surface area contributed by atoms with Crippen molar-refractivity contribution in [2.45, 2.75) is 20.8 Å². The predicted molar refractivity (Wildman–Crippen MR) is 50.4 cm³/mol. The molecular formula is C8H14O4Si. The average molecular weight is 202 g/mol. The summed E-state index contributed by atoms with van der Waals surface area (Å²) in [5, 5.41) is 0. The van der Waals surface area contributed by atoms with Gasteiger partial charge in [0.15, 0.2) is 22.8 Å². The van der Waals surface area contributed by atoms with Crippen LogP contribution in [-0.2, 0) is 18.8 Å². The van der Waals surface area contributed by atoms with Crippen LogP contribution >= 0.6 is 0 Å². The third kappa shape index (κ3) is 2.10. The van der Waals surface area contributed by atoms with Crippen LogP contribution in [0.25, 0.3) is 0 Å². The Bertz CT molecular complexity index is 210. The van der Waals surface area contributed by atoms with Crippen LogP contribution in [0.15, 0.2) is 0 Å². The summed E-state index contributed by atoms with van der Waals surface area (Å²) in [5.74, 6) is -1.32. The van der Waals surface area contributed by atoms with Crippen LogP contribution in [0.1, 0.15) is 20.8 Å². The summed E-state index contributed by atoms with van der Waals surface area (Å²) in [4.78, 5) is 33.7. The lowest BCUT2D eigenvalue weighted by Crippen LogP contribution is -2.46. The molecule has 0 aromatic rings. The van der Waals surface area contributed by atoms with E-state index in [0.29, 0.717) is 10.5 Å². The monoisotopic (exact) mass is 202 g/mol. The molecule has 0 aliphatic rings. The Labute approximate surface area is 80.2 Å². The van der Waals surface area contributed by atoms with Crippen molar-refractivity contribution in [1.82, 2.24) is 0 Å². The van der Waals surface area contributed by atoms with E-state index in [1.807, 2.05) is 0 Å². The molecule has 5 heteroatoms. The summed E-state index contributed by atoms with van der Waals surface area (Å²) in [6.45, 7) is 3.61. The van der Waals surface area contributed by atoms with Gasteiger partial charge in [0, 0.05) is 0 Å². The van der Waals surface area contributed by atoms with E-state index in [-0.39, 0.29) is 6.61 Å². The summed E-state index contributed by atoms with van der Waals surface area (Å²) in [6.07, 6.45) is 0. The van der Waals surface area contributed by atoms with Gasteiger partial charge in [0.25, 0.3) is 0 Å². The van der Waals surface area contributed by atoms with Gasteiger partial charge >= 0.3 is 0 Å². The maximum atomic E-state index is 11.2. The van der Waals surface area contributed by atoms with E-state index in [2.05, 4.69) is 0 Å². The molecule has 0 bridgehead atoms. The number of hydrogen-bond acceptors (Lipinski definition) is 4. The van der Waals surface area contributed by atoms with Crippen LogP contribution in [0.5, 0.6) is 0 Å². The molecule has 0 unspecified atom stereocenters. The Hall–Kier alpha value is -0.813. The third-order valence-electron chi connectivity index (χ3n) is 2.16. The van der Waals surface area contributed by atoms with E-state index < -0.39 is 22.8 Å². The lowest BCUT2D eigenvalue weighted by Gasteiger charge is -2.24. The first-order valence-electron chi connectivity index (χ1n) is 3.91. The highest BCUT2D eigenvalue weighted by atomic mass is 28.2. The van der Waals surface area contributed by atoms with Crippen LogP contribution in [-0.4, -0.2) is 34.4 Å². The molecule has 0 heterocycles. The first-order chi connectivity index (χ1) is 5.89. The summed E-state index contributed by atoms with van der Waals surface area (Å²) < 4.78 is 4.87. The van der Waals surface area contributed by atoms with E-state index in [4.69, 9.17) is 4.43 Å². The zero-order valence-corrected chi connectivity index (χ0v) is 10.3. The second kappa shape index (κ2) is 4.43. The molecule has 0 saturated carbocycles. The van der Waals surface area contributed by atoms with Crippen molar-refractivity contribution >= 4 is 27.8 Å². The van der Waals surface area contributed by atoms with Gasteiger partial charge in [-0.1, -0.05) is 0 Å². The van der Waals surface area contributed by atoms with Crippen molar-refractivity contribution in [2.75, 3.05) is 6.61 Å². The van der Waals surface area contributed by atoms with Gasteiger partial charge in [0.05, 0.1) is 6.61 Å². The average Bonchev–Trinajstić information content (AvgIpc) is 1.97. The standard InChI is InChI=1S/C8H14O4Si/c1-5(9)8(4-12-13,6(2)10)7(3)11/h4H2,1-3,13H3. The smallest absolute Gasteiger partial charge is 0.166 e. The van der Waals surface area contributed by atoms with Crippen LogP contribution < -0.4 is 0 Å². The predicted octanol–water partition coefficient (Wildman–Crippen LogP) is -0.963. The quantitative estimate of drug-likeness (QED) is 0.425. The maximum absolute atomic E-state index is 11.2. The molecule has 0 amide bonds. The third-order valence-corrected chi connectivity index (χ3v) is 2.45. The van der Waals surface area contributed by atoms with Crippen molar-refractivity contribution in [3.8, 4) is 0 Å². The number of rotatable bonds is 5. The first-order valence-corrected chi connectivity index (χ1v) is 4.73. The molecule has 0 rings (SSSR count). The van der Waals surface area contributed by atoms with Crippen molar-refractivity contribution < 1.29 is 18.8 Å². The fraction of sp³-hybridized carbons (Fsp3) is 0.625. The van der Waals surface area contributed by atoms with E-state index >= 15 is 0 Å². The minimum absolute atomic E-state index is 0.112. The molecule has 4 nitrogen and oxygen atoms in total. The van der Waals surface area contributed by atoms with Gasteiger partial charge in [0.2, 0.25) is 0 Å². The molecule has 0 saturated heterocycles. The molecule has 0 atom stereocenters. The Balaban J connectivity index is 5.18. The highest BCUT2D eigenvalue weighted by molar-refractivity contribution is 6.23. The Morgan fingerprint density at radius 3 is 1.46 bits per heavy atom. The SMILES string of the molecule is CC(=O)C(CO[SiH3])(C(C)=O)C(C)=O. The molecule has 0 aromatic carbocycles. The van der Waals surface area contributed by atoms with Gasteiger partial charge in [-0.3, -0.25) is 14.4 Å². The zero-order chi connectivity index (χ0) is 10.6. The van der Waals surface area contributed by atoms with E-state index in [1.54, 1.807) is 0 Å². The van der Waals surface area contributed by atoms with Crippen LogP contribution in [0.2, 0.25) is 0 Å². The number of Topliss-reactive ketones (excluding diaryl/α,β-unsaturated/α-hetero) is 3. The summed E-state index contributed by atoms with van der Waals surface area (Å²) >= 11 is 0. The van der Waals surface area contributed by atoms with Crippen LogP contribution in [0.3, 0.4) is 0 Å². The Morgan fingerprint density at radius 2 is 1.38 bits per heavy atom. The van der Waals surface area contributed by atoms with Crippen LogP contribution in [0, 0.1) is 5.41 Å². The lowest BCUT2D eigenvalue weighted by molar-refractivity contribution is -0.148. The van der Waals surface area contributed by atoms with Gasteiger partial charge in [-0.2, -0.15) is 0 Å². The highest BCUT2D eigenvalue weighted by Crippen LogP contribution is 2.21. The molecule has 0 aliphatic carbocycles. The fourth-order valence-corrected chi connectivity index (χ4v) is 1.70. The van der Waals surface area contributed by atoms with E-state index in [1.165, 1.54) is 20.8 Å². The highest BCUT2D eigenvalue weighted by Gasteiger charge is 2.45. The largest absolute Gasteiger partial charge is 0.426 e. The molecule has 0 aliphatic heterocycles. The Morgan fingerprint density at radius 1 is 1.08 bits per heavy atom. The number of ketones is 3. The maximum Gasteiger partial charge on any atom is 0.166 e. The normalized spacial score (nSPS) is 11.3. The topological polar surface area (TPSA) is 60.4 Å². The fourth-order valence-electron chi connectivity index (χ4n) is 1.27. The second-order valence-electron chi connectivity index (χ2n) is 3.01. The van der Waals surface area contributed by atoms with E-state index in [9.17, 15) is 14.4 Å². The van der Waals surface area contributed by atoms with Gasteiger partial charge < -0.3 is 4.43 Å². The molecule has 0 aromatic heterocycles. The molecule has 0 N–H and O–H groups in total. The molecule has 13 heavy (non-hydrogen) atoms. The van der Waals surface area contributed by atoms with Gasteiger partial charge in [-0.15, -0.1) is 0 Å². The summed E-state index contributed by atoms with van der Waals surface area (Å²) in [7, 11) is 0.401. The molecular weight excluding hydrogens is 188 g/mol. The van der Waals surface area contributed by atoms with Crippen LogP contribution in [0.4, 0.5) is 0 Å². The summed E-state index contributed by atoms with van der Waals surface area (Å²) in [5.41, 5.74) is -1.55. The van der Waals surface area contributed by atoms with E-state index in [0.717, 1.165) is 0 Å². The minimum Gasteiger partial charge on any atom is -0.426 e.